The molecule has 1 aromatic carbocycles. The second-order valence-electron chi connectivity index (χ2n) is 4.15. The van der Waals surface area contributed by atoms with Gasteiger partial charge >= 0.3 is 5.69 Å². The van der Waals surface area contributed by atoms with Crippen molar-refractivity contribution < 1.29 is 19.5 Å². The molecule has 0 heterocycles. The summed E-state index contributed by atoms with van der Waals surface area (Å²) in [5.74, 6) is 0.0124. The molecule has 0 aliphatic heterocycles. The molecule has 6 nitrogen and oxygen atoms in total. The molecule has 0 saturated heterocycles. The number of rotatable bonds is 4. The first-order valence-electron chi connectivity index (χ1n) is 5.45. The van der Waals surface area contributed by atoms with Crippen molar-refractivity contribution in [1.82, 2.24) is 0 Å². The third-order valence-corrected chi connectivity index (χ3v) is 3.69. The van der Waals surface area contributed by atoms with Crippen LogP contribution in [0.5, 0.6) is 5.75 Å². The zero-order valence-electron chi connectivity index (χ0n) is 9.88. The van der Waals surface area contributed by atoms with Crippen molar-refractivity contribution in [2.24, 2.45) is 0 Å². The van der Waals surface area contributed by atoms with E-state index in [1.54, 1.807) is 0 Å². The quantitative estimate of drug-likeness (QED) is 0.682. The van der Waals surface area contributed by atoms with Gasteiger partial charge in [0.25, 0.3) is 0 Å². The van der Waals surface area contributed by atoms with Crippen molar-refractivity contribution in [3.05, 3.63) is 32.3 Å². The van der Waals surface area contributed by atoms with Crippen LogP contribution >= 0.6 is 23.2 Å². The van der Waals surface area contributed by atoms with E-state index in [0.29, 0.717) is 6.42 Å². The lowest BCUT2D eigenvalue weighted by atomic mass is 9.88. The Kier molecular flexibility index (Phi) is 4.15. The Hall–Kier alpha value is -1.08. The minimum atomic E-state index is -0.628. The predicted molar refractivity (Wildman–Crippen MR) is 69.0 cm³/mol. The van der Waals surface area contributed by atoms with E-state index in [-0.39, 0.29) is 21.5 Å². The summed E-state index contributed by atoms with van der Waals surface area (Å²) in [4.78, 5) is 10.3. The molecule has 0 amide bonds. The summed E-state index contributed by atoms with van der Waals surface area (Å²) in [7, 11) is 1.44. The first-order chi connectivity index (χ1) is 8.93. The molecule has 3 unspecified atom stereocenters. The van der Waals surface area contributed by atoms with Crippen LogP contribution in [0.15, 0.2) is 12.1 Å². The number of ether oxygens (including phenoxy) is 2. The van der Waals surface area contributed by atoms with Gasteiger partial charge in [-0.1, -0.05) is 23.2 Å². The Morgan fingerprint density at radius 1 is 1.42 bits per heavy atom. The molecule has 0 bridgehead atoms. The maximum absolute atomic E-state index is 10.9. The van der Waals surface area contributed by atoms with Crippen LogP contribution in [-0.2, 0) is 4.74 Å². The number of methoxy groups -OCH3 is 1. The van der Waals surface area contributed by atoms with Gasteiger partial charge in [-0.2, -0.15) is 0 Å². The Morgan fingerprint density at radius 2 is 2.05 bits per heavy atom. The molecule has 1 aliphatic carbocycles. The van der Waals surface area contributed by atoms with Crippen molar-refractivity contribution in [3.63, 3.8) is 0 Å². The van der Waals surface area contributed by atoms with Crippen LogP contribution in [0, 0.1) is 10.1 Å². The summed E-state index contributed by atoms with van der Waals surface area (Å²) in [6, 6.07) is 2.43. The second-order valence-corrected chi connectivity index (χ2v) is 4.97. The Morgan fingerprint density at radius 3 is 2.58 bits per heavy atom. The molecule has 1 aromatic rings. The minimum Gasteiger partial charge on any atom is -0.480 e. The molecule has 1 saturated carbocycles. The van der Waals surface area contributed by atoms with Crippen molar-refractivity contribution in [3.8, 4) is 5.75 Å². The smallest absolute Gasteiger partial charge is 0.312 e. The number of nitrogens with zero attached hydrogens (tertiary/aromatic N) is 1. The molecule has 0 spiro atoms. The van der Waals surface area contributed by atoms with Crippen molar-refractivity contribution in [2.45, 2.75) is 24.7 Å². The van der Waals surface area contributed by atoms with Crippen LogP contribution in [0.25, 0.3) is 0 Å². The third kappa shape index (κ3) is 2.76. The highest BCUT2D eigenvalue weighted by atomic mass is 35.5. The maximum atomic E-state index is 10.9. The monoisotopic (exact) mass is 307 g/mol. The Balaban J connectivity index is 2.25. The molecular formula is C11H11Cl2NO5. The lowest BCUT2D eigenvalue weighted by Crippen LogP contribution is -2.54. The molecule has 2 rings (SSSR count). The molecule has 1 fully saturated rings. The fraction of sp³-hybridized carbons (Fsp3) is 0.455. The summed E-state index contributed by atoms with van der Waals surface area (Å²) in [6.07, 6.45) is -1.24. The molecule has 3 atom stereocenters. The van der Waals surface area contributed by atoms with Crippen LogP contribution in [0.4, 0.5) is 5.69 Å². The summed E-state index contributed by atoms with van der Waals surface area (Å²) < 4.78 is 10.5. The largest absolute Gasteiger partial charge is 0.480 e. The predicted octanol–water partition coefficient (Wildman–Crippen LogP) is 2.43. The Labute approximate surface area is 119 Å². The SMILES string of the molecule is COC1C(O)CC1Oc1cc(Cl)c(Cl)cc1[N+](=O)[O-]. The topological polar surface area (TPSA) is 81.8 Å². The van der Waals surface area contributed by atoms with E-state index in [9.17, 15) is 15.2 Å². The van der Waals surface area contributed by atoms with Gasteiger partial charge in [0.1, 0.15) is 12.2 Å². The number of nitro groups is 1. The Bertz CT molecular complexity index is 510. The first kappa shape index (κ1) is 14.3. The van der Waals surface area contributed by atoms with Gasteiger partial charge in [0.05, 0.1) is 21.1 Å². The average molecular weight is 308 g/mol. The van der Waals surface area contributed by atoms with E-state index in [1.807, 2.05) is 0 Å². The molecule has 1 aliphatic rings. The highest BCUT2D eigenvalue weighted by molar-refractivity contribution is 6.42. The molecule has 0 radical (unpaired) electrons. The van der Waals surface area contributed by atoms with E-state index in [4.69, 9.17) is 32.7 Å². The van der Waals surface area contributed by atoms with E-state index in [0.717, 1.165) is 6.07 Å². The number of hydrogen-bond donors (Lipinski definition) is 1. The van der Waals surface area contributed by atoms with Gasteiger partial charge in [-0.15, -0.1) is 0 Å². The molecule has 8 heteroatoms. The first-order valence-corrected chi connectivity index (χ1v) is 6.20. The van der Waals surface area contributed by atoms with Crippen molar-refractivity contribution in [1.29, 1.82) is 0 Å². The van der Waals surface area contributed by atoms with Crippen molar-refractivity contribution >= 4 is 28.9 Å². The summed E-state index contributed by atoms with van der Waals surface area (Å²) in [5.41, 5.74) is -0.273. The minimum absolute atomic E-state index is 0.0124. The fourth-order valence-electron chi connectivity index (χ4n) is 1.90. The number of halogens is 2. The summed E-state index contributed by atoms with van der Waals surface area (Å²) >= 11 is 11.6. The number of hydrogen-bond acceptors (Lipinski definition) is 5. The standard InChI is InChI=1S/C11H11Cl2NO5/c1-18-11-8(15)4-10(11)19-9-3-6(13)5(12)2-7(9)14(16)17/h2-3,8,10-11,15H,4H2,1H3. The van der Waals surface area contributed by atoms with E-state index in [2.05, 4.69) is 0 Å². The van der Waals surface area contributed by atoms with Crippen LogP contribution in [-0.4, -0.2) is 35.5 Å². The average Bonchev–Trinajstić information content (AvgIpc) is 2.32. The zero-order valence-corrected chi connectivity index (χ0v) is 11.4. The number of nitro benzene ring substituents is 1. The van der Waals surface area contributed by atoms with Gasteiger partial charge in [0.2, 0.25) is 0 Å². The summed E-state index contributed by atoms with van der Waals surface area (Å²) in [5, 5.41) is 20.6. The lowest BCUT2D eigenvalue weighted by Gasteiger charge is -2.39. The molecule has 104 valence electrons. The van der Waals surface area contributed by atoms with Gasteiger partial charge in [-0.3, -0.25) is 10.1 Å². The highest BCUT2D eigenvalue weighted by Gasteiger charge is 2.43. The van der Waals surface area contributed by atoms with E-state index < -0.39 is 23.2 Å². The van der Waals surface area contributed by atoms with Crippen LogP contribution in [0.2, 0.25) is 10.0 Å². The number of aliphatic hydroxyl groups is 1. The maximum Gasteiger partial charge on any atom is 0.312 e. The van der Waals surface area contributed by atoms with Gasteiger partial charge in [-0.05, 0) is 0 Å². The second kappa shape index (κ2) is 5.50. The molecular weight excluding hydrogens is 297 g/mol. The van der Waals surface area contributed by atoms with E-state index in [1.165, 1.54) is 13.2 Å². The fourth-order valence-corrected chi connectivity index (χ4v) is 2.21. The number of aliphatic hydroxyl groups excluding tert-OH is 1. The van der Waals surface area contributed by atoms with Crippen molar-refractivity contribution in [2.75, 3.05) is 7.11 Å². The number of benzene rings is 1. The van der Waals surface area contributed by atoms with Gasteiger partial charge in [0, 0.05) is 25.7 Å². The van der Waals surface area contributed by atoms with E-state index >= 15 is 0 Å². The zero-order chi connectivity index (χ0) is 14.2. The summed E-state index contributed by atoms with van der Waals surface area (Å²) in [6.45, 7) is 0. The van der Waals surface area contributed by atoms with Gasteiger partial charge in [-0.25, -0.2) is 0 Å². The van der Waals surface area contributed by atoms with Crippen LogP contribution in [0.3, 0.4) is 0 Å². The third-order valence-electron chi connectivity index (χ3n) is 2.97. The normalized spacial score (nSPS) is 25.8. The highest BCUT2D eigenvalue weighted by Crippen LogP contribution is 2.38. The van der Waals surface area contributed by atoms with Crippen LogP contribution in [0.1, 0.15) is 6.42 Å². The molecule has 1 N–H and O–H groups in total. The molecule has 19 heavy (non-hydrogen) atoms. The molecule has 0 aromatic heterocycles. The van der Waals surface area contributed by atoms with Crippen LogP contribution < -0.4 is 4.74 Å². The van der Waals surface area contributed by atoms with Gasteiger partial charge in [0.15, 0.2) is 5.75 Å². The van der Waals surface area contributed by atoms with Gasteiger partial charge < -0.3 is 14.6 Å². The lowest BCUT2D eigenvalue weighted by molar-refractivity contribution is -0.386.